The predicted molar refractivity (Wildman–Crippen MR) is 74.2 cm³/mol. The Morgan fingerprint density at radius 2 is 1.76 bits per heavy atom. The number of nitrogens with zero attached hydrogens (tertiary/aromatic N) is 1. The zero-order valence-corrected chi connectivity index (χ0v) is 11.8. The van der Waals surface area contributed by atoms with E-state index in [1.54, 1.807) is 0 Å². The second-order valence-corrected chi connectivity index (χ2v) is 5.84. The van der Waals surface area contributed by atoms with Crippen molar-refractivity contribution in [2.24, 2.45) is 11.8 Å². The van der Waals surface area contributed by atoms with Crippen molar-refractivity contribution < 1.29 is 5.11 Å². The molecule has 2 nitrogen and oxygen atoms in total. The normalized spacial score (nSPS) is 25.5. The summed E-state index contributed by atoms with van der Waals surface area (Å²) in [6.45, 7) is 12.8. The van der Waals surface area contributed by atoms with Gasteiger partial charge in [-0.05, 0) is 57.9 Å². The smallest absolute Gasteiger partial charge is 0.0853 e. The van der Waals surface area contributed by atoms with Gasteiger partial charge in [0, 0.05) is 19.0 Å². The van der Waals surface area contributed by atoms with Gasteiger partial charge in [-0.2, -0.15) is 0 Å². The first-order valence-corrected chi connectivity index (χ1v) is 7.13. The monoisotopic (exact) mass is 239 g/mol. The van der Waals surface area contributed by atoms with E-state index in [0.29, 0.717) is 17.7 Å². The Morgan fingerprint density at radius 1 is 1.24 bits per heavy atom. The highest BCUT2D eigenvalue weighted by molar-refractivity contribution is 4.85. The molecular formula is C15H29NO. The average molecular weight is 239 g/mol. The number of aliphatic hydroxyl groups excluding tert-OH is 1. The molecule has 1 aliphatic carbocycles. The zero-order chi connectivity index (χ0) is 12.8. The molecule has 17 heavy (non-hydrogen) atoms. The maximum absolute atomic E-state index is 9.22. The molecule has 2 heteroatoms. The van der Waals surface area contributed by atoms with Crippen LogP contribution in [-0.4, -0.2) is 29.1 Å². The van der Waals surface area contributed by atoms with E-state index in [1.165, 1.54) is 32.2 Å². The molecule has 100 valence electrons. The third-order valence-corrected chi connectivity index (χ3v) is 4.12. The number of allylic oxidation sites excluding steroid dienone is 1. The summed E-state index contributed by atoms with van der Waals surface area (Å²) in [4.78, 5) is 2.57. The van der Waals surface area contributed by atoms with Crippen LogP contribution >= 0.6 is 0 Å². The zero-order valence-electron chi connectivity index (χ0n) is 11.8. The molecule has 1 fully saturated rings. The van der Waals surface area contributed by atoms with Gasteiger partial charge in [0.2, 0.25) is 0 Å². The van der Waals surface area contributed by atoms with Crippen LogP contribution in [0.4, 0.5) is 0 Å². The van der Waals surface area contributed by atoms with Gasteiger partial charge in [-0.15, -0.1) is 0 Å². The first kappa shape index (κ1) is 14.6. The largest absolute Gasteiger partial charge is 0.513 e. The van der Waals surface area contributed by atoms with Crippen LogP contribution in [0.1, 0.15) is 52.9 Å². The summed E-state index contributed by atoms with van der Waals surface area (Å²) in [5, 5.41) is 9.22. The van der Waals surface area contributed by atoms with Crippen LogP contribution in [0.25, 0.3) is 0 Å². The fourth-order valence-corrected chi connectivity index (χ4v) is 2.99. The van der Waals surface area contributed by atoms with Crippen molar-refractivity contribution in [3.63, 3.8) is 0 Å². The third-order valence-electron chi connectivity index (χ3n) is 4.12. The van der Waals surface area contributed by atoms with Gasteiger partial charge < -0.3 is 10.0 Å². The maximum atomic E-state index is 9.22. The lowest BCUT2D eigenvalue weighted by molar-refractivity contribution is 0.155. The molecule has 0 atom stereocenters. The van der Waals surface area contributed by atoms with E-state index in [2.05, 4.69) is 32.3 Å². The lowest BCUT2D eigenvalue weighted by atomic mass is 9.80. The van der Waals surface area contributed by atoms with Crippen molar-refractivity contribution in [3.8, 4) is 0 Å². The third kappa shape index (κ3) is 5.12. The lowest BCUT2D eigenvalue weighted by Gasteiger charge is -2.34. The Morgan fingerprint density at radius 3 is 2.18 bits per heavy atom. The van der Waals surface area contributed by atoms with Crippen molar-refractivity contribution in [1.82, 2.24) is 4.90 Å². The summed E-state index contributed by atoms with van der Waals surface area (Å²) in [6, 6.07) is 0.662. The van der Waals surface area contributed by atoms with Crippen LogP contribution < -0.4 is 0 Å². The minimum atomic E-state index is 0.366. The molecule has 0 aromatic heterocycles. The van der Waals surface area contributed by atoms with Crippen molar-refractivity contribution in [1.29, 1.82) is 0 Å². The van der Waals surface area contributed by atoms with Gasteiger partial charge in [0.25, 0.3) is 0 Å². The minimum absolute atomic E-state index is 0.366. The Labute approximate surface area is 107 Å². The summed E-state index contributed by atoms with van der Waals surface area (Å²) in [5.41, 5.74) is 0. The number of aliphatic hydroxyl groups is 1. The quantitative estimate of drug-likeness (QED) is 0.709. The van der Waals surface area contributed by atoms with Crippen LogP contribution in [0.3, 0.4) is 0 Å². The molecule has 0 radical (unpaired) electrons. The average Bonchev–Trinajstić information content (AvgIpc) is 2.26. The van der Waals surface area contributed by atoms with Gasteiger partial charge in [-0.1, -0.05) is 13.5 Å². The minimum Gasteiger partial charge on any atom is -0.513 e. The Kier molecular flexibility index (Phi) is 6.04. The van der Waals surface area contributed by atoms with E-state index in [4.69, 9.17) is 0 Å². The van der Waals surface area contributed by atoms with Gasteiger partial charge in [-0.3, -0.25) is 0 Å². The fraction of sp³-hybridized carbons (Fsp3) is 0.867. The van der Waals surface area contributed by atoms with Gasteiger partial charge in [0.05, 0.1) is 5.76 Å². The molecule has 0 amide bonds. The van der Waals surface area contributed by atoms with E-state index in [9.17, 15) is 5.11 Å². The number of hydrogen-bond donors (Lipinski definition) is 1. The highest BCUT2D eigenvalue weighted by Gasteiger charge is 2.23. The Hall–Kier alpha value is -0.500. The molecule has 1 saturated carbocycles. The fourth-order valence-electron chi connectivity index (χ4n) is 2.99. The number of hydrogen-bond acceptors (Lipinski definition) is 2. The van der Waals surface area contributed by atoms with Crippen LogP contribution in [0.15, 0.2) is 12.3 Å². The molecule has 0 saturated heterocycles. The molecule has 0 bridgehead atoms. The van der Waals surface area contributed by atoms with Gasteiger partial charge in [0.1, 0.15) is 0 Å². The summed E-state index contributed by atoms with van der Waals surface area (Å²) in [7, 11) is 0. The maximum Gasteiger partial charge on any atom is 0.0853 e. The van der Waals surface area contributed by atoms with Crippen molar-refractivity contribution >= 4 is 0 Å². The van der Waals surface area contributed by atoms with Crippen LogP contribution in [-0.2, 0) is 0 Å². The SMILES string of the molecule is C=C(O)CC1CCC(CN(CC)C(C)C)CC1. The summed E-state index contributed by atoms with van der Waals surface area (Å²) >= 11 is 0. The van der Waals surface area contributed by atoms with Gasteiger partial charge in [-0.25, -0.2) is 0 Å². The lowest BCUT2D eigenvalue weighted by Crippen LogP contribution is -2.36. The molecule has 0 spiro atoms. The highest BCUT2D eigenvalue weighted by Crippen LogP contribution is 2.32. The molecular weight excluding hydrogens is 210 g/mol. The topological polar surface area (TPSA) is 23.5 Å². The molecule has 0 aromatic carbocycles. The van der Waals surface area contributed by atoms with E-state index in [-0.39, 0.29) is 0 Å². The first-order chi connectivity index (χ1) is 8.02. The van der Waals surface area contributed by atoms with Crippen LogP contribution in [0.2, 0.25) is 0 Å². The predicted octanol–water partition coefficient (Wildman–Crippen LogP) is 3.98. The molecule has 1 N–H and O–H groups in total. The Balaban J connectivity index is 2.29. The number of rotatable bonds is 6. The van der Waals surface area contributed by atoms with Gasteiger partial charge >= 0.3 is 0 Å². The molecule has 0 aromatic rings. The van der Waals surface area contributed by atoms with Crippen molar-refractivity contribution in [3.05, 3.63) is 12.3 Å². The first-order valence-electron chi connectivity index (χ1n) is 7.13. The van der Waals surface area contributed by atoms with Gasteiger partial charge in [0.15, 0.2) is 0 Å². The van der Waals surface area contributed by atoms with Crippen molar-refractivity contribution in [2.75, 3.05) is 13.1 Å². The summed E-state index contributed by atoms with van der Waals surface area (Å²) < 4.78 is 0. The Bertz CT molecular complexity index is 229. The molecule has 0 aliphatic heterocycles. The second-order valence-electron chi connectivity index (χ2n) is 5.84. The second kappa shape index (κ2) is 7.05. The van der Waals surface area contributed by atoms with E-state index in [0.717, 1.165) is 18.9 Å². The van der Waals surface area contributed by atoms with E-state index in [1.807, 2.05) is 0 Å². The molecule has 0 heterocycles. The summed E-state index contributed by atoms with van der Waals surface area (Å²) in [6.07, 6.45) is 5.98. The summed E-state index contributed by atoms with van der Waals surface area (Å²) in [5.74, 6) is 1.91. The standard InChI is InChI=1S/C15H29NO/c1-5-16(12(2)3)11-15-8-6-14(7-9-15)10-13(4)17/h12,14-15,17H,4-11H2,1-3H3. The van der Waals surface area contributed by atoms with E-state index >= 15 is 0 Å². The van der Waals surface area contributed by atoms with E-state index < -0.39 is 0 Å². The molecule has 1 aliphatic rings. The van der Waals surface area contributed by atoms with Crippen LogP contribution in [0, 0.1) is 11.8 Å². The van der Waals surface area contributed by atoms with Crippen LogP contribution in [0.5, 0.6) is 0 Å². The molecule has 0 unspecified atom stereocenters. The molecule has 1 rings (SSSR count). The highest BCUT2D eigenvalue weighted by atomic mass is 16.3. The van der Waals surface area contributed by atoms with Crippen molar-refractivity contribution in [2.45, 2.75) is 58.9 Å².